The van der Waals surface area contributed by atoms with Crippen molar-refractivity contribution >= 4 is 5.97 Å². The highest BCUT2D eigenvalue weighted by molar-refractivity contribution is 5.72. The molecule has 2 saturated carbocycles. The molecule has 0 bridgehead atoms. The lowest BCUT2D eigenvalue weighted by atomic mass is 9.80. The number of allylic oxidation sites excluding steroid dienone is 4. The van der Waals surface area contributed by atoms with Crippen LogP contribution in [0, 0.1) is 17.8 Å². The first-order valence-electron chi connectivity index (χ1n) is 10.2. The molecule has 2 nitrogen and oxygen atoms in total. The molecule has 0 amide bonds. The van der Waals surface area contributed by atoms with Gasteiger partial charge in [-0.15, -0.1) is 0 Å². The third-order valence-corrected chi connectivity index (χ3v) is 5.75. The lowest BCUT2D eigenvalue weighted by Gasteiger charge is -2.30. The van der Waals surface area contributed by atoms with Gasteiger partial charge < -0.3 is 4.74 Å². The van der Waals surface area contributed by atoms with E-state index in [0.29, 0.717) is 5.92 Å². The molecule has 0 aromatic heterocycles. The van der Waals surface area contributed by atoms with E-state index >= 15 is 0 Å². The molecule has 0 aromatic rings. The molecule has 0 radical (unpaired) electrons. The van der Waals surface area contributed by atoms with Crippen LogP contribution in [0.5, 0.6) is 0 Å². The van der Waals surface area contributed by atoms with Gasteiger partial charge in [0.2, 0.25) is 0 Å². The zero-order valence-electron chi connectivity index (χ0n) is 15.7. The molecule has 0 N–H and O–H groups in total. The van der Waals surface area contributed by atoms with E-state index < -0.39 is 0 Å². The zero-order chi connectivity index (χ0) is 17.2. The smallest absolute Gasteiger partial charge is 0.309 e. The second-order valence-corrected chi connectivity index (χ2v) is 7.71. The molecule has 0 heterocycles. The summed E-state index contributed by atoms with van der Waals surface area (Å²) in [6.45, 7) is 4.30. The van der Waals surface area contributed by atoms with Gasteiger partial charge in [0.05, 0.1) is 5.92 Å². The van der Waals surface area contributed by atoms with Gasteiger partial charge in [0.1, 0.15) is 6.10 Å². The van der Waals surface area contributed by atoms with Crippen LogP contribution < -0.4 is 0 Å². The Bertz CT molecular complexity index is 408. The fourth-order valence-corrected chi connectivity index (χ4v) is 4.08. The summed E-state index contributed by atoms with van der Waals surface area (Å²) >= 11 is 0. The van der Waals surface area contributed by atoms with E-state index in [2.05, 4.69) is 38.2 Å². The molecule has 2 aliphatic rings. The van der Waals surface area contributed by atoms with Gasteiger partial charge in [-0.2, -0.15) is 0 Å². The van der Waals surface area contributed by atoms with Crippen LogP contribution >= 0.6 is 0 Å². The summed E-state index contributed by atoms with van der Waals surface area (Å²) in [4.78, 5) is 12.4. The van der Waals surface area contributed by atoms with E-state index in [1.54, 1.807) is 0 Å². The summed E-state index contributed by atoms with van der Waals surface area (Å²) in [5, 5.41) is 0. The molecule has 2 fully saturated rings. The minimum Gasteiger partial charge on any atom is -0.462 e. The quantitative estimate of drug-likeness (QED) is 0.409. The van der Waals surface area contributed by atoms with Crippen molar-refractivity contribution in [1.29, 1.82) is 0 Å². The van der Waals surface area contributed by atoms with Crippen LogP contribution in [0.3, 0.4) is 0 Å². The van der Waals surface area contributed by atoms with Gasteiger partial charge >= 0.3 is 5.97 Å². The molecule has 0 saturated heterocycles. The summed E-state index contributed by atoms with van der Waals surface area (Å²) in [7, 11) is 0. The molecule has 136 valence electrons. The van der Waals surface area contributed by atoms with Crippen LogP contribution in [-0.4, -0.2) is 12.1 Å². The summed E-state index contributed by atoms with van der Waals surface area (Å²) in [5.74, 6) is 1.72. The standard InChI is InChI=1S/C22H36O2/c1-3-5-7-9-19-12-16-21(17-13-19)24-22(23)20-14-10-18(11-15-20)8-6-4-2/h4,6-7,9,18-21H,3,5,8,10-17H2,1-2H3/b6-4+,9-7+. The zero-order valence-corrected chi connectivity index (χ0v) is 15.7. The van der Waals surface area contributed by atoms with Crippen molar-refractivity contribution in [2.75, 3.05) is 0 Å². The minimum atomic E-state index is 0.0875. The second kappa shape index (κ2) is 10.7. The van der Waals surface area contributed by atoms with Crippen LogP contribution in [0.2, 0.25) is 0 Å². The van der Waals surface area contributed by atoms with Crippen molar-refractivity contribution in [3.63, 3.8) is 0 Å². The number of carbonyl (C=O) groups excluding carboxylic acids is 1. The van der Waals surface area contributed by atoms with Crippen molar-refractivity contribution in [2.24, 2.45) is 17.8 Å². The molecular weight excluding hydrogens is 296 g/mol. The van der Waals surface area contributed by atoms with Gasteiger partial charge in [-0.05, 0) is 83.0 Å². The molecule has 24 heavy (non-hydrogen) atoms. The van der Waals surface area contributed by atoms with Gasteiger partial charge in [0.25, 0.3) is 0 Å². The van der Waals surface area contributed by atoms with Crippen LogP contribution in [-0.2, 0) is 9.53 Å². The van der Waals surface area contributed by atoms with Crippen LogP contribution in [0.15, 0.2) is 24.3 Å². The molecule has 2 aliphatic carbocycles. The number of unbranched alkanes of at least 4 members (excludes halogenated alkanes) is 1. The Balaban J connectivity index is 1.65. The highest BCUT2D eigenvalue weighted by Gasteiger charge is 2.30. The Morgan fingerprint density at radius 2 is 1.71 bits per heavy atom. The highest BCUT2D eigenvalue weighted by Crippen LogP contribution is 2.33. The Labute approximate surface area is 148 Å². The predicted molar refractivity (Wildman–Crippen MR) is 101 cm³/mol. The summed E-state index contributed by atoms with van der Waals surface area (Å²) in [5.41, 5.74) is 0. The molecule has 0 unspecified atom stereocenters. The SMILES string of the molecule is C/C=C/CC1CCC(C(=O)OC2CCC(/C=C/CCC)CC2)CC1. The van der Waals surface area contributed by atoms with Crippen LogP contribution in [0.25, 0.3) is 0 Å². The molecular formula is C22H36O2. The first kappa shape index (κ1) is 19.3. The molecule has 0 aromatic carbocycles. The largest absolute Gasteiger partial charge is 0.462 e. The van der Waals surface area contributed by atoms with E-state index in [1.807, 2.05) is 0 Å². The molecule has 2 rings (SSSR count). The maximum Gasteiger partial charge on any atom is 0.309 e. The Kier molecular flexibility index (Phi) is 8.63. The van der Waals surface area contributed by atoms with Crippen molar-refractivity contribution in [3.8, 4) is 0 Å². The van der Waals surface area contributed by atoms with Crippen molar-refractivity contribution in [2.45, 2.75) is 90.6 Å². The number of hydrogen-bond acceptors (Lipinski definition) is 2. The number of ether oxygens (including phenoxy) is 1. The first-order chi connectivity index (χ1) is 11.7. The molecule has 2 heteroatoms. The Hall–Kier alpha value is -1.05. The third-order valence-electron chi connectivity index (χ3n) is 5.75. The Morgan fingerprint density at radius 1 is 1.00 bits per heavy atom. The van der Waals surface area contributed by atoms with E-state index in [1.165, 1.54) is 44.9 Å². The fourth-order valence-electron chi connectivity index (χ4n) is 4.08. The van der Waals surface area contributed by atoms with Gasteiger partial charge in [-0.1, -0.05) is 37.6 Å². The minimum absolute atomic E-state index is 0.0875. The van der Waals surface area contributed by atoms with Gasteiger partial charge in [0, 0.05) is 0 Å². The average molecular weight is 333 g/mol. The summed E-state index contributed by atoms with van der Waals surface area (Å²) in [6.07, 6.45) is 21.7. The van der Waals surface area contributed by atoms with E-state index in [0.717, 1.165) is 31.6 Å². The second-order valence-electron chi connectivity index (χ2n) is 7.71. The normalized spacial score (nSPS) is 31.6. The van der Waals surface area contributed by atoms with Crippen molar-refractivity contribution < 1.29 is 9.53 Å². The number of hydrogen-bond donors (Lipinski definition) is 0. The van der Waals surface area contributed by atoms with Crippen LogP contribution in [0.1, 0.15) is 84.5 Å². The van der Waals surface area contributed by atoms with Gasteiger partial charge in [-0.25, -0.2) is 0 Å². The third kappa shape index (κ3) is 6.45. The topological polar surface area (TPSA) is 26.3 Å². The average Bonchev–Trinajstić information content (AvgIpc) is 2.62. The lowest BCUT2D eigenvalue weighted by Crippen LogP contribution is -2.29. The molecule has 0 spiro atoms. The van der Waals surface area contributed by atoms with E-state index in [-0.39, 0.29) is 18.0 Å². The first-order valence-corrected chi connectivity index (χ1v) is 10.2. The van der Waals surface area contributed by atoms with Gasteiger partial charge in [-0.3, -0.25) is 4.79 Å². The molecule has 0 atom stereocenters. The predicted octanol–water partition coefficient (Wildman–Crippen LogP) is 6.22. The Morgan fingerprint density at radius 3 is 2.33 bits per heavy atom. The van der Waals surface area contributed by atoms with E-state index in [9.17, 15) is 4.79 Å². The number of esters is 1. The fraction of sp³-hybridized carbons (Fsp3) is 0.773. The maximum absolute atomic E-state index is 12.4. The summed E-state index contributed by atoms with van der Waals surface area (Å²) in [6, 6.07) is 0. The summed E-state index contributed by atoms with van der Waals surface area (Å²) < 4.78 is 5.84. The monoisotopic (exact) mass is 332 g/mol. The maximum atomic E-state index is 12.4. The molecule has 0 aliphatic heterocycles. The van der Waals surface area contributed by atoms with Crippen LogP contribution in [0.4, 0.5) is 0 Å². The number of carbonyl (C=O) groups is 1. The highest BCUT2D eigenvalue weighted by atomic mass is 16.5. The van der Waals surface area contributed by atoms with E-state index in [4.69, 9.17) is 4.74 Å². The van der Waals surface area contributed by atoms with Crippen molar-refractivity contribution in [1.82, 2.24) is 0 Å². The van der Waals surface area contributed by atoms with Gasteiger partial charge in [0.15, 0.2) is 0 Å². The van der Waals surface area contributed by atoms with Crippen molar-refractivity contribution in [3.05, 3.63) is 24.3 Å². The lowest BCUT2D eigenvalue weighted by molar-refractivity contribution is -0.157. The number of rotatable bonds is 7.